The minimum absolute atomic E-state index is 0.0992. The molecule has 0 atom stereocenters. The van der Waals surface area contributed by atoms with Crippen molar-refractivity contribution in [2.75, 3.05) is 7.11 Å². The molecule has 0 bridgehead atoms. The molecule has 3 rings (SSSR count). The van der Waals surface area contributed by atoms with Crippen molar-refractivity contribution in [3.63, 3.8) is 0 Å². The molecule has 0 unspecified atom stereocenters. The van der Waals surface area contributed by atoms with Gasteiger partial charge in [-0.05, 0) is 36.4 Å². The molecule has 0 aliphatic rings. The molecule has 6 heteroatoms. The first-order valence-corrected chi connectivity index (χ1v) is 8.56. The van der Waals surface area contributed by atoms with Crippen LogP contribution in [0.4, 0.5) is 4.39 Å². The van der Waals surface area contributed by atoms with Crippen LogP contribution < -0.4 is 0 Å². The Morgan fingerprint density at radius 3 is 2.37 bits per heavy atom. The second kappa shape index (κ2) is 7.95. The van der Waals surface area contributed by atoms with Gasteiger partial charge in [0.1, 0.15) is 11.6 Å². The lowest BCUT2D eigenvalue weighted by Gasteiger charge is -2.10. The number of methoxy groups -OCH3 is 1. The van der Waals surface area contributed by atoms with Gasteiger partial charge in [0, 0.05) is 41.7 Å². The summed E-state index contributed by atoms with van der Waals surface area (Å²) in [4.78, 5) is 20.5. The van der Waals surface area contributed by atoms with E-state index in [2.05, 4.69) is 4.98 Å². The number of pyridine rings is 1. The Balaban J connectivity index is 2.29. The summed E-state index contributed by atoms with van der Waals surface area (Å²) in [7, 11) is 1.33. The Kier molecular flexibility index (Phi) is 5.45. The van der Waals surface area contributed by atoms with Crippen molar-refractivity contribution in [3.8, 4) is 22.5 Å². The fourth-order valence-corrected chi connectivity index (χ4v) is 2.81. The fraction of sp³-hybridized carbons (Fsp3) is 0.190. The number of nitrogens with zero attached hydrogens (tertiary/aromatic N) is 3. The molecule has 0 N–H and O–H groups in total. The summed E-state index contributed by atoms with van der Waals surface area (Å²) in [6, 6.07) is 9.94. The third-order valence-electron chi connectivity index (χ3n) is 4.09. The van der Waals surface area contributed by atoms with E-state index >= 15 is 0 Å². The van der Waals surface area contributed by atoms with Gasteiger partial charge in [0.2, 0.25) is 0 Å². The molecule has 3 aromatic rings. The van der Waals surface area contributed by atoms with Crippen LogP contribution in [-0.2, 0) is 9.53 Å². The minimum Gasteiger partial charge on any atom is -0.466 e. The van der Waals surface area contributed by atoms with Gasteiger partial charge in [0.05, 0.1) is 18.5 Å². The van der Waals surface area contributed by atoms with E-state index in [4.69, 9.17) is 9.72 Å². The molecule has 0 amide bonds. The molecular weight excluding hydrogens is 345 g/mol. The summed E-state index contributed by atoms with van der Waals surface area (Å²) < 4.78 is 20.0. The van der Waals surface area contributed by atoms with Crippen LogP contribution >= 0.6 is 0 Å². The summed E-state index contributed by atoms with van der Waals surface area (Å²) in [6.45, 7) is 4.05. The molecule has 2 aromatic heterocycles. The second-order valence-corrected chi connectivity index (χ2v) is 6.27. The van der Waals surface area contributed by atoms with Crippen molar-refractivity contribution in [2.45, 2.75) is 19.8 Å². The van der Waals surface area contributed by atoms with Gasteiger partial charge in [0.15, 0.2) is 0 Å². The number of esters is 1. The van der Waals surface area contributed by atoms with Gasteiger partial charge >= 0.3 is 5.97 Å². The summed E-state index contributed by atoms with van der Waals surface area (Å²) in [5.41, 5.74) is 3.18. The zero-order valence-corrected chi connectivity index (χ0v) is 15.4. The Labute approximate surface area is 157 Å². The van der Waals surface area contributed by atoms with E-state index in [0.717, 1.165) is 28.3 Å². The zero-order chi connectivity index (χ0) is 19.4. The average Bonchev–Trinajstić information content (AvgIpc) is 3.07. The van der Waals surface area contributed by atoms with Crippen molar-refractivity contribution < 1.29 is 13.9 Å². The molecular formula is C21H20FN3O2. The molecule has 0 saturated heterocycles. The summed E-state index contributed by atoms with van der Waals surface area (Å²) in [5.74, 6) is 0.0989. The van der Waals surface area contributed by atoms with Crippen LogP contribution in [0.3, 0.4) is 0 Å². The molecule has 0 saturated carbocycles. The Hall–Kier alpha value is -3.28. The number of imidazole rings is 1. The van der Waals surface area contributed by atoms with Crippen molar-refractivity contribution in [2.24, 2.45) is 0 Å². The number of hydrogen-bond donors (Lipinski definition) is 0. The maximum Gasteiger partial charge on any atom is 0.331 e. The second-order valence-electron chi connectivity index (χ2n) is 6.27. The normalized spacial score (nSPS) is 11.3. The van der Waals surface area contributed by atoms with E-state index < -0.39 is 5.97 Å². The highest BCUT2D eigenvalue weighted by atomic mass is 19.1. The van der Waals surface area contributed by atoms with Crippen molar-refractivity contribution in [3.05, 3.63) is 66.5 Å². The Bertz CT molecular complexity index is 961. The highest BCUT2D eigenvalue weighted by molar-refractivity contribution is 5.87. The van der Waals surface area contributed by atoms with E-state index in [9.17, 15) is 9.18 Å². The molecule has 1 aromatic carbocycles. The van der Waals surface area contributed by atoms with Crippen molar-refractivity contribution >= 4 is 12.2 Å². The largest absolute Gasteiger partial charge is 0.466 e. The maximum atomic E-state index is 13.5. The number of aromatic nitrogens is 3. The van der Waals surface area contributed by atoms with Gasteiger partial charge < -0.3 is 9.30 Å². The number of rotatable bonds is 5. The van der Waals surface area contributed by atoms with Gasteiger partial charge in [-0.1, -0.05) is 13.8 Å². The van der Waals surface area contributed by atoms with Gasteiger partial charge in [0.25, 0.3) is 0 Å². The van der Waals surface area contributed by atoms with Crippen LogP contribution in [0.25, 0.3) is 28.7 Å². The van der Waals surface area contributed by atoms with Crippen LogP contribution in [0.5, 0.6) is 0 Å². The van der Waals surface area contributed by atoms with Crippen molar-refractivity contribution in [1.82, 2.24) is 14.5 Å². The monoisotopic (exact) mass is 365 g/mol. The highest BCUT2D eigenvalue weighted by Gasteiger charge is 2.21. The Morgan fingerprint density at radius 2 is 1.78 bits per heavy atom. The summed E-state index contributed by atoms with van der Waals surface area (Å²) in [6.07, 6.45) is 6.37. The molecule has 2 heterocycles. The van der Waals surface area contributed by atoms with Crippen LogP contribution in [0.15, 0.2) is 54.9 Å². The third-order valence-corrected chi connectivity index (χ3v) is 4.09. The van der Waals surface area contributed by atoms with Crippen LogP contribution in [0.1, 0.15) is 25.6 Å². The van der Waals surface area contributed by atoms with Gasteiger partial charge in [-0.3, -0.25) is 4.98 Å². The van der Waals surface area contributed by atoms with Crippen LogP contribution in [-0.4, -0.2) is 27.6 Å². The summed E-state index contributed by atoms with van der Waals surface area (Å²) >= 11 is 0. The number of carbonyl (C=O) groups excluding carboxylic acids is 1. The predicted octanol–water partition coefficient (Wildman–Crippen LogP) is 4.52. The molecule has 27 heavy (non-hydrogen) atoms. The summed E-state index contributed by atoms with van der Waals surface area (Å²) in [5, 5.41) is 0. The number of halogens is 1. The number of carbonyl (C=O) groups is 1. The molecule has 0 aliphatic heterocycles. The lowest BCUT2D eigenvalue weighted by Crippen LogP contribution is -2.02. The molecule has 0 radical (unpaired) electrons. The average molecular weight is 365 g/mol. The maximum absolute atomic E-state index is 13.5. The Morgan fingerprint density at radius 1 is 1.11 bits per heavy atom. The molecule has 138 valence electrons. The van der Waals surface area contributed by atoms with E-state index in [1.807, 2.05) is 30.5 Å². The third kappa shape index (κ3) is 3.95. The topological polar surface area (TPSA) is 57.0 Å². The highest BCUT2D eigenvalue weighted by Crippen LogP contribution is 2.35. The number of hydrogen-bond acceptors (Lipinski definition) is 4. The first-order chi connectivity index (χ1) is 13.0. The lowest BCUT2D eigenvalue weighted by atomic mass is 10.1. The number of ether oxygens (including phenoxy) is 1. The van der Waals surface area contributed by atoms with E-state index in [1.54, 1.807) is 30.7 Å². The standard InChI is InChI=1S/C21H20FN3O2/c1-14(2)21-24-19(15-8-11-23-12-9-15)20(16-4-6-17(22)7-5-16)25(21)13-10-18(26)27-3/h4-14H,1-3H3/b13-10+. The van der Waals surface area contributed by atoms with Gasteiger partial charge in [-0.15, -0.1) is 0 Å². The first-order valence-electron chi connectivity index (χ1n) is 8.56. The van der Waals surface area contributed by atoms with Crippen LogP contribution in [0.2, 0.25) is 0 Å². The van der Waals surface area contributed by atoms with E-state index in [-0.39, 0.29) is 11.7 Å². The van der Waals surface area contributed by atoms with E-state index in [1.165, 1.54) is 25.3 Å². The quantitative estimate of drug-likeness (QED) is 0.493. The number of benzene rings is 1. The lowest BCUT2D eigenvalue weighted by molar-refractivity contribution is -0.134. The first kappa shape index (κ1) is 18.5. The van der Waals surface area contributed by atoms with Crippen LogP contribution in [0, 0.1) is 5.82 Å². The molecule has 0 aliphatic carbocycles. The van der Waals surface area contributed by atoms with Gasteiger partial charge in [-0.2, -0.15) is 0 Å². The molecule has 0 spiro atoms. The molecule has 0 fully saturated rings. The predicted molar refractivity (Wildman–Crippen MR) is 102 cm³/mol. The van der Waals surface area contributed by atoms with E-state index in [0.29, 0.717) is 0 Å². The fourth-order valence-electron chi connectivity index (χ4n) is 2.81. The zero-order valence-electron chi connectivity index (χ0n) is 15.4. The molecule has 5 nitrogen and oxygen atoms in total. The SMILES string of the molecule is COC(=O)/C=C/n1c(C(C)C)nc(-c2ccncc2)c1-c1ccc(F)cc1. The van der Waals surface area contributed by atoms with Gasteiger partial charge in [-0.25, -0.2) is 14.2 Å². The minimum atomic E-state index is -0.464. The van der Waals surface area contributed by atoms with Crippen molar-refractivity contribution in [1.29, 1.82) is 0 Å². The smallest absolute Gasteiger partial charge is 0.331 e.